The van der Waals surface area contributed by atoms with Gasteiger partial charge in [0.15, 0.2) is 0 Å². The second-order valence-corrected chi connectivity index (χ2v) is 6.46. The lowest BCUT2D eigenvalue weighted by Crippen LogP contribution is -2.43. The Kier molecular flexibility index (Phi) is 5.29. The molecule has 0 saturated heterocycles. The van der Waals surface area contributed by atoms with Crippen LogP contribution in [0.4, 0.5) is 5.69 Å². The van der Waals surface area contributed by atoms with Gasteiger partial charge in [0.2, 0.25) is 10.0 Å². The number of benzene rings is 1. The van der Waals surface area contributed by atoms with Crippen molar-refractivity contribution in [2.24, 2.45) is 0 Å². The number of ether oxygens (including phenoxy) is 1. The van der Waals surface area contributed by atoms with Crippen molar-refractivity contribution >= 4 is 21.7 Å². The number of aliphatic hydroxyl groups is 2. The zero-order valence-electron chi connectivity index (χ0n) is 11.7. The van der Waals surface area contributed by atoms with Crippen molar-refractivity contribution in [1.82, 2.24) is 4.72 Å². The lowest BCUT2D eigenvalue weighted by atomic mass is 10.1. The Morgan fingerprint density at radius 3 is 2.57 bits per heavy atom. The van der Waals surface area contributed by atoms with Gasteiger partial charge >= 0.3 is 5.97 Å². The number of hydrogen-bond donors (Lipinski definition) is 4. The van der Waals surface area contributed by atoms with Gasteiger partial charge in [-0.25, -0.2) is 17.9 Å². The van der Waals surface area contributed by atoms with E-state index in [9.17, 15) is 18.3 Å². The third-order valence-electron chi connectivity index (χ3n) is 2.70. The van der Waals surface area contributed by atoms with E-state index < -0.39 is 28.2 Å². The lowest BCUT2D eigenvalue weighted by molar-refractivity contribution is 0.00681. The number of aliphatic hydroxyl groups excluding tert-OH is 1. The van der Waals surface area contributed by atoms with Gasteiger partial charge in [0.05, 0.1) is 30.6 Å². The summed E-state index contributed by atoms with van der Waals surface area (Å²) in [6, 6.07) is 3.61. The molecule has 0 aliphatic heterocycles. The van der Waals surface area contributed by atoms with Crippen LogP contribution in [0.3, 0.4) is 0 Å². The fourth-order valence-corrected chi connectivity index (χ4v) is 2.70. The van der Waals surface area contributed by atoms with Gasteiger partial charge in [-0.3, -0.25) is 0 Å². The van der Waals surface area contributed by atoms with Crippen LogP contribution in [0.5, 0.6) is 0 Å². The average molecular weight is 318 g/mol. The van der Waals surface area contributed by atoms with Crippen LogP contribution in [0.2, 0.25) is 0 Å². The Labute approximate surface area is 122 Å². The van der Waals surface area contributed by atoms with Gasteiger partial charge in [0, 0.05) is 6.54 Å². The van der Waals surface area contributed by atoms with Crippen LogP contribution >= 0.6 is 0 Å². The number of carbonyl (C=O) groups is 1. The van der Waals surface area contributed by atoms with E-state index in [0.717, 1.165) is 6.07 Å². The van der Waals surface area contributed by atoms with Gasteiger partial charge in [0.1, 0.15) is 4.90 Å². The number of anilines is 1. The molecule has 0 bridgehead atoms. The molecule has 0 saturated carbocycles. The summed E-state index contributed by atoms with van der Waals surface area (Å²) in [5.41, 5.74) is 4.03. The summed E-state index contributed by atoms with van der Waals surface area (Å²) >= 11 is 0. The minimum Gasteiger partial charge on any atom is -0.465 e. The van der Waals surface area contributed by atoms with Gasteiger partial charge in [-0.2, -0.15) is 0 Å². The lowest BCUT2D eigenvalue weighted by Gasteiger charge is -2.20. The summed E-state index contributed by atoms with van der Waals surface area (Å²) in [4.78, 5) is 11.1. The zero-order chi connectivity index (χ0) is 16.3. The van der Waals surface area contributed by atoms with Crippen molar-refractivity contribution in [3.8, 4) is 0 Å². The number of carbonyl (C=O) groups excluding carboxylic acids is 1. The molecule has 1 rings (SSSR count). The Morgan fingerprint density at radius 2 is 2.10 bits per heavy atom. The molecular formula is C12H18N2O6S. The Bertz CT molecular complexity index is 627. The number of hydrogen-bond acceptors (Lipinski definition) is 7. The number of nitrogens with two attached hydrogens (primary N) is 1. The largest absolute Gasteiger partial charge is 0.465 e. The molecule has 1 aromatic rings. The minimum absolute atomic E-state index is 0.122. The molecule has 8 nitrogen and oxygen atoms in total. The number of rotatable bonds is 6. The van der Waals surface area contributed by atoms with Gasteiger partial charge in [0.25, 0.3) is 0 Å². The first-order chi connectivity index (χ1) is 9.63. The Balaban J connectivity index is 3.02. The quantitative estimate of drug-likeness (QED) is 0.393. The summed E-state index contributed by atoms with van der Waals surface area (Å²) in [6.07, 6.45) is 0. The van der Waals surface area contributed by atoms with Crippen molar-refractivity contribution in [2.45, 2.75) is 17.4 Å². The van der Waals surface area contributed by atoms with Crippen molar-refractivity contribution in [3.63, 3.8) is 0 Å². The van der Waals surface area contributed by atoms with Crippen molar-refractivity contribution < 1.29 is 28.2 Å². The van der Waals surface area contributed by atoms with E-state index in [4.69, 9.17) is 10.8 Å². The molecule has 0 fully saturated rings. The first-order valence-corrected chi connectivity index (χ1v) is 7.42. The van der Waals surface area contributed by atoms with Gasteiger partial charge in [-0.15, -0.1) is 0 Å². The number of esters is 1. The van der Waals surface area contributed by atoms with Crippen LogP contribution < -0.4 is 10.5 Å². The van der Waals surface area contributed by atoms with E-state index in [1.54, 1.807) is 0 Å². The second kappa shape index (κ2) is 6.39. The number of nitrogens with one attached hydrogen (secondary N) is 1. The van der Waals surface area contributed by atoms with E-state index in [0.29, 0.717) is 0 Å². The topological polar surface area (TPSA) is 139 Å². The maximum atomic E-state index is 12.1. The summed E-state index contributed by atoms with van der Waals surface area (Å²) in [7, 11) is -2.79. The first kappa shape index (κ1) is 17.4. The van der Waals surface area contributed by atoms with Crippen molar-refractivity contribution in [1.29, 1.82) is 0 Å². The van der Waals surface area contributed by atoms with E-state index in [1.165, 1.54) is 26.2 Å². The molecule has 21 heavy (non-hydrogen) atoms. The predicted octanol–water partition coefficient (Wildman–Crippen LogP) is -0.923. The number of sulfonamides is 1. The molecule has 0 aliphatic rings. The van der Waals surface area contributed by atoms with E-state index in [1.807, 2.05) is 0 Å². The molecule has 0 aliphatic carbocycles. The molecule has 0 spiro atoms. The molecule has 5 N–H and O–H groups in total. The molecular weight excluding hydrogens is 300 g/mol. The molecule has 0 aromatic heterocycles. The summed E-state index contributed by atoms with van der Waals surface area (Å²) < 4.78 is 30.8. The highest BCUT2D eigenvalue weighted by Gasteiger charge is 2.25. The molecule has 0 heterocycles. The molecule has 1 aromatic carbocycles. The third-order valence-corrected chi connectivity index (χ3v) is 4.18. The maximum Gasteiger partial charge on any atom is 0.337 e. The highest BCUT2D eigenvalue weighted by Crippen LogP contribution is 2.20. The number of methoxy groups -OCH3 is 1. The van der Waals surface area contributed by atoms with Crippen LogP contribution in [-0.2, 0) is 14.8 Å². The summed E-state index contributed by atoms with van der Waals surface area (Å²) in [6.45, 7) is 0.287. The zero-order valence-corrected chi connectivity index (χ0v) is 12.5. The molecule has 9 heteroatoms. The van der Waals surface area contributed by atoms with Gasteiger partial charge in [-0.05, 0) is 25.1 Å². The monoisotopic (exact) mass is 318 g/mol. The normalized spacial score (nSPS) is 14.5. The first-order valence-electron chi connectivity index (χ1n) is 5.94. The van der Waals surface area contributed by atoms with Crippen molar-refractivity contribution in [2.75, 3.05) is 26.0 Å². The Hall–Kier alpha value is -1.68. The maximum absolute atomic E-state index is 12.1. The van der Waals surface area contributed by atoms with Crippen LogP contribution in [0.15, 0.2) is 23.1 Å². The van der Waals surface area contributed by atoms with Crippen LogP contribution in [0.1, 0.15) is 17.3 Å². The summed E-state index contributed by atoms with van der Waals surface area (Å²) in [5, 5.41) is 18.5. The molecule has 118 valence electrons. The van der Waals surface area contributed by atoms with Crippen LogP contribution in [0, 0.1) is 0 Å². The summed E-state index contributed by atoms with van der Waals surface area (Å²) in [5.74, 6) is -0.637. The molecule has 0 radical (unpaired) electrons. The average Bonchev–Trinajstić information content (AvgIpc) is 2.44. The Morgan fingerprint density at radius 1 is 1.48 bits per heavy atom. The molecule has 1 atom stereocenters. The second-order valence-electron chi connectivity index (χ2n) is 4.72. The highest BCUT2D eigenvalue weighted by molar-refractivity contribution is 7.89. The van der Waals surface area contributed by atoms with E-state index >= 15 is 0 Å². The predicted molar refractivity (Wildman–Crippen MR) is 75.1 cm³/mol. The van der Waals surface area contributed by atoms with E-state index in [-0.39, 0.29) is 22.7 Å². The van der Waals surface area contributed by atoms with Crippen molar-refractivity contribution in [3.05, 3.63) is 23.8 Å². The fourth-order valence-electron chi connectivity index (χ4n) is 1.42. The highest BCUT2D eigenvalue weighted by atomic mass is 32.2. The van der Waals surface area contributed by atoms with Crippen LogP contribution in [-0.4, -0.2) is 50.5 Å². The molecule has 1 unspecified atom stereocenters. The SMILES string of the molecule is COC(=O)c1ccc(S(=O)(=O)NCC(C)(O)CO)c(N)c1. The third kappa shape index (κ3) is 4.39. The number of nitrogen functional groups attached to an aromatic ring is 1. The fraction of sp³-hybridized carbons (Fsp3) is 0.417. The smallest absolute Gasteiger partial charge is 0.337 e. The standard InChI is InChI=1S/C12H18N2O6S/c1-12(17,7-15)6-14-21(18,19)10-4-3-8(5-9(10)13)11(16)20-2/h3-5,14-15,17H,6-7,13H2,1-2H3. The van der Waals surface area contributed by atoms with Crippen LogP contribution in [0.25, 0.3) is 0 Å². The van der Waals surface area contributed by atoms with E-state index in [2.05, 4.69) is 9.46 Å². The molecule has 0 amide bonds. The van der Waals surface area contributed by atoms with Gasteiger partial charge < -0.3 is 20.7 Å². The van der Waals surface area contributed by atoms with Gasteiger partial charge in [-0.1, -0.05) is 0 Å². The minimum atomic E-state index is -3.98.